The Morgan fingerprint density at radius 2 is 1.96 bits per heavy atom. The smallest absolute Gasteiger partial charge is 0.240 e. The number of benzene rings is 2. The topological polar surface area (TPSA) is 82.9 Å². The zero-order chi connectivity index (χ0) is 19.2. The molecular formula is C18H14Cl2N4O2S. The lowest BCUT2D eigenvalue weighted by Gasteiger charge is -2.07. The summed E-state index contributed by atoms with van der Waals surface area (Å²) in [6.45, 7) is 0. The molecule has 0 bridgehead atoms. The molecule has 0 saturated carbocycles. The lowest BCUT2D eigenvalue weighted by molar-refractivity contribution is -0.122. The normalized spacial score (nSPS) is 18.1. The van der Waals surface area contributed by atoms with Crippen molar-refractivity contribution < 1.29 is 9.59 Å². The largest absolute Gasteiger partial charge is 0.326 e. The number of anilines is 1. The molecule has 0 spiro atoms. The molecule has 1 heterocycles. The second-order valence-electron chi connectivity index (χ2n) is 5.56. The van der Waals surface area contributed by atoms with Crippen molar-refractivity contribution in [3.05, 3.63) is 64.1 Å². The molecule has 2 aromatic rings. The van der Waals surface area contributed by atoms with E-state index in [-0.39, 0.29) is 18.2 Å². The summed E-state index contributed by atoms with van der Waals surface area (Å²) in [6, 6.07) is 13.9. The van der Waals surface area contributed by atoms with Crippen LogP contribution in [0, 0.1) is 0 Å². The monoisotopic (exact) mass is 420 g/mol. The average Bonchev–Trinajstić information content (AvgIpc) is 2.96. The van der Waals surface area contributed by atoms with Crippen molar-refractivity contribution in [2.24, 2.45) is 10.2 Å². The van der Waals surface area contributed by atoms with E-state index in [1.54, 1.807) is 54.7 Å². The van der Waals surface area contributed by atoms with Gasteiger partial charge in [0, 0.05) is 22.2 Å². The van der Waals surface area contributed by atoms with Gasteiger partial charge >= 0.3 is 0 Å². The van der Waals surface area contributed by atoms with Gasteiger partial charge in [-0.3, -0.25) is 9.59 Å². The third kappa shape index (κ3) is 5.82. The summed E-state index contributed by atoms with van der Waals surface area (Å²) < 4.78 is 0. The van der Waals surface area contributed by atoms with E-state index in [1.807, 2.05) is 0 Å². The number of hydrogen-bond donors (Lipinski definition) is 2. The maximum absolute atomic E-state index is 12.1. The number of hydrogen-bond acceptors (Lipinski definition) is 5. The van der Waals surface area contributed by atoms with E-state index in [1.165, 1.54) is 11.8 Å². The summed E-state index contributed by atoms with van der Waals surface area (Å²) in [5.74, 6) is -0.558. The summed E-state index contributed by atoms with van der Waals surface area (Å²) >= 11 is 12.9. The molecule has 6 nitrogen and oxygen atoms in total. The highest BCUT2D eigenvalue weighted by atomic mass is 35.5. The second kappa shape index (κ2) is 9.03. The Kier molecular flexibility index (Phi) is 6.49. The second-order valence-corrected chi connectivity index (χ2v) is 7.62. The highest BCUT2D eigenvalue weighted by Gasteiger charge is 2.32. The van der Waals surface area contributed by atoms with Crippen molar-refractivity contribution in [3.8, 4) is 0 Å². The predicted octanol–water partition coefficient (Wildman–Crippen LogP) is 3.94. The quantitative estimate of drug-likeness (QED) is 0.567. The van der Waals surface area contributed by atoms with Crippen LogP contribution in [0.5, 0.6) is 0 Å². The zero-order valence-electron chi connectivity index (χ0n) is 13.9. The standard InChI is InChI=1S/C18H14Cl2N4O2S/c19-12-6-4-11(5-7-12)10-21-24-18-23-17(26)15(27-18)9-16(25)22-14-3-1-2-13(20)8-14/h1-8,10,15H,9H2,(H,22,25)(H,23,24,26)/b21-10-/t15-/m0/s1. The van der Waals surface area contributed by atoms with Gasteiger partial charge in [-0.2, -0.15) is 5.10 Å². The highest BCUT2D eigenvalue weighted by molar-refractivity contribution is 8.15. The van der Waals surface area contributed by atoms with E-state index in [4.69, 9.17) is 23.2 Å². The van der Waals surface area contributed by atoms with Crippen LogP contribution in [0.4, 0.5) is 5.69 Å². The van der Waals surface area contributed by atoms with E-state index < -0.39 is 5.25 Å². The first-order chi connectivity index (χ1) is 13.0. The molecule has 2 amide bonds. The molecule has 0 radical (unpaired) electrons. The van der Waals surface area contributed by atoms with Crippen LogP contribution in [0.25, 0.3) is 0 Å². The Bertz CT molecular complexity index is 916. The number of rotatable bonds is 5. The van der Waals surface area contributed by atoms with Crippen molar-refractivity contribution in [1.29, 1.82) is 0 Å². The van der Waals surface area contributed by atoms with Crippen molar-refractivity contribution >= 4 is 63.8 Å². The first kappa shape index (κ1) is 19.4. The summed E-state index contributed by atoms with van der Waals surface area (Å²) in [4.78, 5) is 24.1. The van der Waals surface area contributed by atoms with Crippen LogP contribution < -0.4 is 10.6 Å². The molecule has 1 aliphatic rings. The van der Waals surface area contributed by atoms with Crippen LogP contribution >= 0.6 is 35.0 Å². The third-order valence-electron chi connectivity index (χ3n) is 3.48. The Balaban J connectivity index is 1.55. The molecule has 138 valence electrons. The summed E-state index contributed by atoms with van der Waals surface area (Å²) in [5.41, 5.74) is 1.41. The van der Waals surface area contributed by atoms with E-state index >= 15 is 0 Å². The van der Waals surface area contributed by atoms with Gasteiger partial charge in [0.2, 0.25) is 11.8 Å². The fourth-order valence-electron chi connectivity index (χ4n) is 2.23. The van der Waals surface area contributed by atoms with Crippen LogP contribution in [-0.2, 0) is 9.59 Å². The minimum atomic E-state index is -0.561. The fraction of sp³-hybridized carbons (Fsp3) is 0.111. The number of halogens is 2. The Hall–Kier alpha value is -2.35. The molecule has 9 heteroatoms. The van der Waals surface area contributed by atoms with Gasteiger partial charge < -0.3 is 10.6 Å². The summed E-state index contributed by atoms with van der Waals surface area (Å²) in [6.07, 6.45) is 1.57. The van der Waals surface area contributed by atoms with Crippen LogP contribution in [0.1, 0.15) is 12.0 Å². The van der Waals surface area contributed by atoms with Crippen molar-refractivity contribution in [3.63, 3.8) is 0 Å². The third-order valence-corrected chi connectivity index (χ3v) is 5.04. The SMILES string of the molecule is O=C(C[C@@H]1S/C(=N/N=C\c2ccc(Cl)cc2)NC1=O)Nc1cccc(Cl)c1. The zero-order valence-corrected chi connectivity index (χ0v) is 16.2. The van der Waals surface area contributed by atoms with Crippen molar-refractivity contribution in [2.45, 2.75) is 11.7 Å². The molecule has 1 fully saturated rings. The first-order valence-corrected chi connectivity index (χ1v) is 9.53. The molecule has 2 aromatic carbocycles. The Morgan fingerprint density at radius 1 is 1.19 bits per heavy atom. The van der Waals surface area contributed by atoms with E-state index in [2.05, 4.69) is 20.8 Å². The molecule has 2 N–H and O–H groups in total. The fourth-order valence-corrected chi connectivity index (χ4v) is 3.47. The Labute approximate surface area is 170 Å². The highest BCUT2D eigenvalue weighted by Crippen LogP contribution is 2.23. The minimum Gasteiger partial charge on any atom is -0.326 e. The first-order valence-electron chi connectivity index (χ1n) is 7.89. The molecule has 1 saturated heterocycles. The van der Waals surface area contributed by atoms with Crippen LogP contribution in [-0.4, -0.2) is 28.4 Å². The van der Waals surface area contributed by atoms with Crippen LogP contribution in [0.15, 0.2) is 58.7 Å². The van der Waals surface area contributed by atoms with Crippen molar-refractivity contribution in [1.82, 2.24) is 5.32 Å². The Morgan fingerprint density at radius 3 is 2.70 bits per heavy atom. The number of nitrogens with zero attached hydrogens (tertiary/aromatic N) is 2. The van der Waals surface area contributed by atoms with Crippen LogP contribution in [0.3, 0.4) is 0 Å². The van der Waals surface area contributed by atoms with Gasteiger partial charge in [0.25, 0.3) is 0 Å². The average molecular weight is 421 g/mol. The molecule has 1 atom stereocenters. The van der Waals surface area contributed by atoms with Gasteiger partial charge in [0.1, 0.15) is 5.25 Å². The number of carbonyl (C=O) groups excluding carboxylic acids is 2. The van der Waals surface area contributed by atoms with Crippen LogP contribution in [0.2, 0.25) is 10.0 Å². The van der Waals surface area contributed by atoms with Gasteiger partial charge in [0.05, 0.1) is 6.21 Å². The number of nitrogens with one attached hydrogen (secondary N) is 2. The maximum Gasteiger partial charge on any atom is 0.240 e. The number of thioether (sulfide) groups is 1. The molecule has 3 rings (SSSR count). The maximum atomic E-state index is 12.1. The predicted molar refractivity (Wildman–Crippen MR) is 111 cm³/mol. The van der Waals surface area contributed by atoms with Crippen molar-refractivity contribution in [2.75, 3.05) is 5.32 Å². The molecule has 0 unspecified atom stereocenters. The van der Waals surface area contributed by atoms with Gasteiger partial charge in [-0.25, -0.2) is 0 Å². The van der Waals surface area contributed by atoms with E-state index in [0.29, 0.717) is 20.9 Å². The summed E-state index contributed by atoms with van der Waals surface area (Å²) in [7, 11) is 0. The lowest BCUT2D eigenvalue weighted by atomic mass is 10.2. The van der Waals surface area contributed by atoms with Gasteiger partial charge in [-0.15, -0.1) is 5.10 Å². The molecule has 0 aliphatic carbocycles. The van der Waals surface area contributed by atoms with Gasteiger partial charge in [-0.1, -0.05) is 53.2 Å². The minimum absolute atomic E-state index is 0.0168. The molecule has 1 aliphatic heterocycles. The van der Waals surface area contributed by atoms with E-state index in [9.17, 15) is 9.59 Å². The van der Waals surface area contributed by atoms with Gasteiger partial charge in [-0.05, 0) is 35.9 Å². The number of amidine groups is 1. The van der Waals surface area contributed by atoms with E-state index in [0.717, 1.165) is 5.56 Å². The number of carbonyl (C=O) groups is 2. The molecule has 27 heavy (non-hydrogen) atoms. The molecular weight excluding hydrogens is 407 g/mol. The number of amides is 2. The van der Waals surface area contributed by atoms with Gasteiger partial charge in [0.15, 0.2) is 5.17 Å². The lowest BCUT2D eigenvalue weighted by Crippen LogP contribution is -2.28. The molecule has 0 aromatic heterocycles. The summed E-state index contributed by atoms with van der Waals surface area (Å²) in [5, 5.41) is 14.2.